The topological polar surface area (TPSA) is 62.2 Å². The average Bonchev–Trinajstić information content (AvgIpc) is 3.58. The lowest BCUT2D eigenvalue weighted by Gasteiger charge is -2.39. The fourth-order valence-electron chi connectivity index (χ4n) is 6.08. The second-order valence-electron chi connectivity index (χ2n) is 10.6. The van der Waals surface area contributed by atoms with E-state index in [1.165, 1.54) is 25.3 Å². The van der Waals surface area contributed by atoms with E-state index in [0.29, 0.717) is 5.92 Å². The monoisotopic (exact) mass is 503 g/mol. The molecule has 3 atom stereocenters. The summed E-state index contributed by atoms with van der Waals surface area (Å²) in [5.41, 5.74) is 4.05. The normalized spacial score (nSPS) is 20.2. The van der Waals surface area contributed by atoms with Crippen LogP contribution in [0.25, 0.3) is 16.6 Å². The SMILES string of the molecule is C=C([C@@H](NC(=O)C(C)NC)C1CCCCC1)N1CCCC1c1cncc(-n2ccc3cc(F)ccc32)c1. The fraction of sp³-hybridized carbons (Fsp3) is 0.467. The van der Waals surface area contributed by atoms with Crippen molar-refractivity contribution in [1.29, 1.82) is 0 Å². The average molecular weight is 504 g/mol. The summed E-state index contributed by atoms with van der Waals surface area (Å²) in [5.74, 6) is 0.196. The van der Waals surface area contributed by atoms with Crippen molar-refractivity contribution < 1.29 is 9.18 Å². The number of fused-ring (bicyclic) bond motifs is 1. The van der Waals surface area contributed by atoms with Gasteiger partial charge in [0.25, 0.3) is 0 Å². The van der Waals surface area contributed by atoms with Crippen molar-refractivity contribution in [2.45, 2.75) is 70.0 Å². The first-order valence-corrected chi connectivity index (χ1v) is 13.6. The van der Waals surface area contributed by atoms with E-state index in [1.807, 2.05) is 44.7 Å². The quantitative estimate of drug-likeness (QED) is 0.427. The molecule has 1 aliphatic carbocycles. The molecule has 2 unspecified atom stereocenters. The number of hydrogen-bond acceptors (Lipinski definition) is 4. The van der Waals surface area contributed by atoms with Crippen LogP contribution < -0.4 is 10.6 Å². The number of carbonyl (C=O) groups is 1. The summed E-state index contributed by atoms with van der Waals surface area (Å²) < 4.78 is 15.8. The number of pyridine rings is 1. The van der Waals surface area contributed by atoms with Crippen molar-refractivity contribution in [2.24, 2.45) is 5.92 Å². The molecule has 196 valence electrons. The van der Waals surface area contributed by atoms with Crippen LogP contribution in [0.2, 0.25) is 0 Å². The molecule has 0 bridgehead atoms. The van der Waals surface area contributed by atoms with Crippen molar-refractivity contribution in [3.63, 3.8) is 0 Å². The maximum Gasteiger partial charge on any atom is 0.237 e. The number of halogens is 1. The third-order valence-corrected chi connectivity index (χ3v) is 8.29. The summed E-state index contributed by atoms with van der Waals surface area (Å²) >= 11 is 0. The molecule has 2 aliphatic rings. The lowest BCUT2D eigenvalue weighted by molar-refractivity contribution is -0.123. The van der Waals surface area contributed by atoms with Crippen LogP contribution >= 0.6 is 0 Å². The third kappa shape index (κ3) is 5.28. The summed E-state index contributed by atoms with van der Waals surface area (Å²) in [6.45, 7) is 7.39. The molecule has 3 aromatic rings. The van der Waals surface area contributed by atoms with Crippen molar-refractivity contribution in [1.82, 2.24) is 25.1 Å². The predicted molar refractivity (Wildman–Crippen MR) is 146 cm³/mol. The lowest BCUT2D eigenvalue weighted by Crippen LogP contribution is -2.51. The van der Waals surface area contributed by atoms with Gasteiger partial charge in [0, 0.05) is 30.0 Å². The Hall–Kier alpha value is -3.19. The predicted octanol–water partition coefficient (Wildman–Crippen LogP) is 5.49. The number of benzene rings is 1. The second kappa shape index (κ2) is 11.1. The molecule has 2 fully saturated rings. The largest absolute Gasteiger partial charge is 0.366 e. The first-order valence-electron chi connectivity index (χ1n) is 13.6. The molecule has 1 aliphatic heterocycles. The summed E-state index contributed by atoms with van der Waals surface area (Å²) in [6, 6.07) is 8.81. The van der Waals surface area contributed by atoms with Crippen molar-refractivity contribution in [3.8, 4) is 5.69 Å². The van der Waals surface area contributed by atoms with E-state index in [1.54, 1.807) is 6.07 Å². The minimum Gasteiger partial charge on any atom is -0.366 e. The Morgan fingerprint density at radius 2 is 1.92 bits per heavy atom. The Kier molecular flexibility index (Phi) is 7.60. The zero-order chi connectivity index (χ0) is 25.9. The summed E-state index contributed by atoms with van der Waals surface area (Å²) in [4.78, 5) is 19.9. The molecule has 1 aromatic carbocycles. The van der Waals surface area contributed by atoms with Crippen molar-refractivity contribution >= 4 is 16.8 Å². The number of carbonyl (C=O) groups excluding carboxylic acids is 1. The molecular formula is C30H38FN5O. The van der Waals surface area contributed by atoms with Gasteiger partial charge in [-0.1, -0.05) is 25.8 Å². The van der Waals surface area contributed by atoms with E-state index < -0.39 is 0 Å². The highest BCUT2D eigenvalue weighted by molar-refractivity contribution is 5.82. The molecule has 7 heteroatoms. The molecule has 6 nitrogen and oxygen atoms in total. The third-order valence-electron chi connectivity index (χ3n) is 8.29. The van der Waals surface area contributed by atoms with E-state index in [-0.39, 0.29) is 29.8 Å². The number of aromatic nitrogens is 2. The summed E-state index contributed by atoms with van der Waals surface area (Å²) in [6.07, 6.45) is 13.8. The number of nitrogens with one attached hydrogen (secondary N) is 2. The van der Waals surface area contributed by atoms with Gasteiger partial charge in [0.15, 0.2) is 0 Å². The van der Waals surface area contributed by atoms with Crippen LogP contribution in [0.1, 0.15) is 63.5 Å². The standard InChI is InChI=1S/C30H38FN5O/c1-20(32-3)30(37)34-29(22-8-5-4-6-9-22)21(2)35-14-7-10-27(35)24-17-26(19-33-18-24)36-15-13-23-16-25(31)11-12-28(23)36/h11-13,15-20,22,27,29,32H,2,4-10,14H2,1,3H3,(H,34,37)/t20?,27?,29-/m1/s1. The van der Waals surface area contributed by atoms with E-state index >= 15 is 0 Å². The first kappa shape index (κ1) is 25.5. The van der Waals surface area contributed by atoms with Crippen LogP contribution in [-0.2, 0) is 4.79 Å². The van der Waals surface area contributed by atoms with Gasteiger partial charge in [0.2, 0.25) is 5.91 Å². The number of nitrogens with zero attached hydrogens (tertiary/aromatic N) is 3. The highest BCUT2D eigenvalue weighted by Gasteiger charge is 2.35. The van der Waals surface area contributed by atoms with Gasteiger partial charge in [-0.05, 0) is 81.5 Å². The molecule has 3 heterocycles. The molecule has 1 saturated carbocycles. The van der Waals surface area contributed by atoms with Crippen molar-refractivity contribution in [2.75, 3.05) is 13.6 Å². The highest BCUT2D eigenvalue weighted by Crippen LogP contribution is 2.39. The Morgan fingerprint density at radius 3 is 2.70 bits per heavy atom. The van der Waals surface area contributed by atoms with Gasteiger partial charge >= 0.3 is 0 Å². The number of rotatable bonds is 8. The number of hydrogen-bond donors (Lipinski definition) is 2. The molecule has 0 radical (unpaired) electrons. The van der Waals surface area contributed by atoms with Gasteiger partial charge in [-0.25, -0.2) is 4.39 Å². The molecule has 0 spiro atoms. The highest BCUT2D eigenvalue weighted by atomic mass is 19.1. The molecule has 2 aromatic heterocycles. The number of amides is 1. The van der Waals surface area contributed by atoms with Gasteiger partial charge in [0.1, 0.15) is 5.82 Å². The molecule has 37 heavy (non-hydrogen) atoms. The summed E-state index contributed by atoms with van der Waals surface area (Å²) in [5, 5.41) is 7.28. The first-order chi connectivity index (χ1) is 18.0. The molecule has 2 N–H and O–H groups in total. The molecular weight excluding hydrogens is 465 g/mol. The zero-order valence-corrected chi connectivity index (χ0v) is 21.9. The maximum atomic E-state index is 13.7. The Labute approximate surface area is 218 Å². The lowest BCUT2D eigenvalue weighted by atomic mass is 9.82. The van der Waals surface area contributed by atoms with Gasteiger partial charge in [-0.15, -0.1) is 0 Å². The Morgan fingerprint density at radius 1 is 1.11 bits per heavy atom. The fourth-order valence-corrected chi connectivity index (χ4v) is 6.08. The number of likely N-dealkylation sites (tertiary alicyclic amines) is 1. The van der Waals surface area contributed by atoms with Gasteiger partial charge in [0.05, 0.1) is 35.5 Å². The van der Waals surface area contributed by atoms with Gasteiger partial charge in [-0.3, -0.25) is 9.78 Å². The maximum absolute atomic E-state index is 13.7. The molecule has 1 saturated heterocycles. The smallest absolute Gasteiger partial charge is 0.237 e. The summed E-state index contributed by atoms with van der Waals surface area (Å²) in [7, 11) is 1.82. The van der Waals surface area contributed by atoms with Crippen LogP contribution in [0, 0.1) is 11.7 Å². The number of likely N-dealkylation sites (N-methyl/N-ethyl adjacent to an activating group) is 1. The van der Waals surface area contributed by atoms with Crippen LogP contribution in [0.15, 0.2) is 61.2 Å². The van der Waals surface area contributed by atoms with E-state index in [9.17, 15) is 9.18 Å². The van der Waals surface area contributed by atoms with Gasteiger partial charge in [-0.2, -0.15) is 0 Å². The van der Waals surface area contributed by atoms with Gasteiger partial charge < -0.3 is 20.1 Å². The van der Waals surface area contributed by atoms with Crippen LogP contribution in [0.4, 0.5) is 4.39 Å². The molecule has 5 rings (SSSR count). The Balaban J connectivity index is 1.42. The van der Waals surface area contributed by atoms with Crippen molar-refractivity contribution in [3.05, 3.63) is 72.6 Å². The van der Waals surface area contributed by atoms with Crippen LogP contribution in [0.5, 0.6) is 0 Å². The second-order valence-corrected chi connectivity index (χ2v) is 10.6. The molecule has 1 amide bonds. The van der Waals surface area contributed by atoms with E-state index in [2.05, 4.69) is 37.7 Å². The minimum atomic E-state index is -0.251. The minimum absolute atomic E-state index is 0.0227. The van der Waals surface area contributed by atoms with Crippen LogP contribution in [0.3, 0.4) is 0 Å². The van der Waals surface area contributed by atoms with Crippen LogP contribution in [-0.4, -0.2) is 46.0 Å². The van der Waals surface area contributed by atoms with E-state index in [4.69, 9.17) is 0 Å². The van der Waals surface area contributed by atoms with E-state index in [0.717, 1.165) is 60.1 Å². The Bertz CT molecular complexity index is 1260. The zero-order valence-electron chi connectivity index (χ0n) is 21.9.